The summed E-state index contributed by atoms with van der Waals surface area (Å²) < 4.78 is 6.67. The zero-order chi connectivity index (χ0) is 21.7. The highest BCUT2D eigenvalue weighted by atomic mass is 79.9. The van der Waals surface area contributed by atoms with Crippen LogP contribution in [0.25, 0.3) is 0 Å². The molecular weight excluding hydrogens is 450 g/mol. The Hall–Kier alpha value is -3.43. The Balaban J connectivity index is 1.87. The Labute approximate surface area is 181 Å². The summed E-state index contributed by atoms with van der Waals surface area (Å²) in [6.07, 6.45) is 2.03. The normalized spacial score (nSPS) is 13.8. The van der Waals surface area contributed by atoms with Crippen LogP contribution in [0.4, 0.5) is 0 Å². The second kappa shape index (κ2) is 9.38. The van der Waals surface area contributed by atoms with Gasteiger partial charge in [0.1, 0.15) is 18.8 Å². The van der Waals surface area contributed by atoms with Gasteiger partial charge in [0.2, 0.25) is 0 Å². The SMILES string of the molecule is Cc1c(C(=O)N(CC#N)CC#N)oc2c1/C(=N/NC(=O)c1ccc(Br)cc1)CCC2. The predicted molar refractivity (Wildman–Crippen MR) is 112 cm³/mol. The van der Waals surface area contributed by atoms with Gasteiger partial charge in [0.05, 0.1) is 17.9 Å². The van der Waals surface area contributed by atoms with Gasteiger partial charge in [-0.1, -0.05) is 15.9 Å². The summed E-state index contributed by atoms with van der Waals surface area (Å²) >= 11 is 3.33. The fraction of sp³-hybridized carbons (Fsp3) is 0.286. The van der Waals surface area contributed by atoms with Crippen LogP contribution < -0.4 is 5.43 Å². The van der Waals surface area contributed by atoms with Crippen LogP contribution in [0.5, 0.6) is 0 Å². The van der Waals surface area contributed by atoms with E-state index in [1.807, 2.05) is 12.1 Å². The summed E-state index contributed by atoms with van der Waals surface area (Å²) in [5, 5.41) is 22.1. The second-order valence-corrected chi connectivity index (χ2v) is 7.61. The van der Waals surface area contributed by atoms with E-state index < -0.39 is 5.91 Å². The van der Waals surface area contributed by atoms with Gasteiger partial charge in [-0.25, -0.2) is 5.43 Å². The number of carbonyl (C=O) groups is 2. The third-order valence-corrected chi connectivity index (χ3v) is 5.26. The molecule has 1 heterocycles. The molecule has 0 saturated heterocycles. The lowest BCUT2D eigenvalue weighted by Crippen LogP contribution is -2.32. The molecule has 0 fully saturated rings. The van der Waals surface area contributed by atoms with Crippen LogP contribution in [0.2, 0.25) is 0 Å². The van der Waals surface area contributed by atoms with Crippen LogP contribution in [0.15, 0.2) is 38.3 Å². The van der Waals surface area contributed by atoms with Crippen molar-refractivity contribution in [2.75, 3.05) is 13.1 Å². The smallest absolute Gasteiger partial charge is 0.291 e. The largest absolute Gasteiger partial charge is 0.455 e. The molecule has 1 N–H and O–H groups in total. The summed E-state index contributed by atoms with van der Waals surface area (Å²) in [6.45, 7) is 1.33. The highest BCUT2D eigenvalue weighted by molar-refractivity contribution is 9.10. The Morgan fingerprint density at radius 2 is 1.87 bits per heavy atom. The van der Waals surface area contributed by atoms with Crippen LogP contribution in [-0.4, -0.2) is 35.5 Å². The number of nitriles is 2. The van der Waals surface area contributed by atoms with Crippen molar-refractivity contribution >= 4 is 33.5 Å². The maximum Gasteiger partial charge on any atom is 0.291 e. The number of aryl methyl sites for hydroxylation is 1. The van der Waals surface area contributed by atoms with Gasteiger partial charge in [-0.15, -0.1) is 0 Å². The number of furan rings is 1. The highest BCUT2D eigenvalue weighted by Gasteiger charge is 2.30. The lowest BCUT2D eigenvalue weighted by molar-refractivity contribution is 0.0760. The number of hydrogen-bond acceptors (Lipinski definition) is 6. The molecule has 1 aliphatic rings. The molecule has 3 rings (SSSR count). The van der Waals surface area contributed by atoms with Gasteiger partial charge in [-0.2, -0.15) is 15.6 Å². The fourth-order valence-electron chi connectivity index (χ4n) is 3.28. The summed E-state index contributed by atoms with van der Waals surface area (Å²) in [5.41, 5.74) is 4.97. The first-order chi connectivity index (χ1) is 14.5. The Morgan fingerprint density at radius 3 is 2.50 bits per heavy atom. The summed E-state index contributed by atoms with van der Waals surface area (Å²) in [7, 11) is 0. The molecule has 8 nitrogen and oxygen atoms in total. The Kier molecular flexibility index (Phi) is 6.65. The quantitative estimate of drug-likeness (QED) is 0.533. The number of nitrogens with one attached hydrogen (secondary N) is 1. The molecule has 0 saturated carbocycles. The average molecular weight is 468 g/mol. The molecule has 0 unspecified atom stereocenters. The molecule has 0 radical (unpaired) electrons. The second-order valence-electron chi connectivity index (χ2n) is 6.69. The Morgan fingerprint density at radius 1 is 1.20 bits per heavy atom. The van der Waals surface area contributed by atoms with Crippen molar-refractivity contribution in [2.45, 2.75) is 26.2 Å². The van der Waals surface area contributed by atoms with E-state index in [1.165, 1.54) is 0 Å². The first kappa shape index (κ1) is 21.3. The van der Waals surface area contributed by atoms with Crippen LogP contribution >= 0.6 is 15.9 Å². The number of amides is 2. The van der Waals surface area contributed by atoms with Gasteiger partial charge in [0.25, 0.3) is 11.8 Å². The van der Waals surface area contributed by atoms with Crippen molar-refractivity contribution in [1.82, 2.24) is 10.3 Å². The third-order valence-electron chi connectivity index (χ3n) is 4.73. The van der Waals surface area contributed by atoms with Crippen LogP contribution in [0, 0.1) is 29.6 Å². The summed E-state index contributed by atoms with van der Waals surface area (Å²) in [5.74, 6) is -0.135. The molecule has 1 aromatic carbocycles. The molecule has 0 atom stereocenters. The van der Waals surface area contributed by atoms with Gasteiger partial charge >= 0.3 is 0 Å². The third kappa shape index (κ3) is 4.42. The number of carbonyl (C=O) groups excluding carboxylic acids is 2. The van der Waals surface area contributed by atoms with E-state index in [0.717, 1.165) is 15.8 Å². The van der Waals surface area contributed by atoms with Crippen LogP contribution in [0.3, 0.4) is 0 Å². The monoisotopic (exact) mass is 467 g/mol. The molecule has 1 aromatic heterocycles. The number of nitrogens with zero attached hydrogens (tertiary/aromatic N) is 4. The first-order valence-corrected chi connectivity index (χ1v) is 10.0. The lowest BCUT2D eigenvalue weighted by atomic mass is 9.93. The van der Waals surface area contributed by atoms with Crippen LogP contribution in [0.1, 0.15) is 50.6 Å². The Bertz CT molecular complexity index is 1070. The maximum atomic E-state index is 12.8. The topological polar surface area (TPSA) is 122 Å². The van der Waals surface area contributed by atoms with Gasteiger partial charge in [-0.3, -0.25) is 9.59 Å². The standard InChI is InChI=1S/C21H18BrN5O3/c1-13-18-16(25-26-20(28)14-5-7-15(22)8-6-14)3-2-4-17(18)30-19(13)21(29)27(11-9-23)12-10-24/h5-8H,2-4,11-12H2,1H3,(H,26,28)/b25-16+. The lowest BCUT2D eigenvalue weighted by Gasteiger charge is -2.14. The molecule has 0 aliphatic heterocycles. The summed E-state index contributed by atoms with van der Waals surface area (Å²) in [4.78, 5) is 26.3. The van der Waals surface area contributed by atoms with Crippen molar-refractivity contribution < 1.29 is 14.0 Å². The average Bonchev–Trinajstić information content (AvgIpc) is 3.09. The first-order valence-electron chi connectivity index (χ1n) is 9.24. The van der Waals surface area contributed by atoms with Crippen molar-refractivity contribution in [2.24, 2.45) is 5.10 Å². The van der Waals surface area contributed by atoms with Crippen molar-refractivity contribution in [3.8, 4) is 12.1 Å². The van der Waals surface area contributed by atoms with Gasteiger partial charge in [0.15, 0.2) is 5.76 Å². The molecule has 2 aromatic rings. The fourth-order valence-corrected chi connectivity index (χ4v) is 3.55. The van der Waals surface area contributed by atoms with E-state index in [1.54, 1.807) is 31.2 Å². The number of hydrogen-bond donors (Lipinski definition) is 1. The van der Waals surface area contributed by atoms with Crippen LogP contribution in [-0.2, 0) is 6.42 Å². The minimum Gasteiger partial charge on any atom is -0.455 e. The molecule has 9 heteroatoms. The minimum atomic E-state index is -0.511. The number of fused-ring (bicyclic) bond motifs is 1. The van der Waals surface area contributed by atoms with E-state index in [-0.39, 0.29) is 24.8 Å². The van der Waals surface area contributed by atoms with Crippen molar-refractivity contribution in [1.29, 1.82) is 10.5 Å². The number of halogens is 1. The highest BCUT2D eigenvalue weighted by Crippen LogP contribution is 2.30. The van der Waals surface area contributed by atoms with Crippen molar-refractivity contribution in [3.05, 3.63) is 56.9 Å². The molecule has 0 bridgehead atoms. The summed E-state index contributed by atoms with van der Waals surface area (Å²) in [6, 6.07) is 10.7. The molecular formula is C21H18BrN5O3. The van der Waals surface area contributed by atoms with Gasteiger partial charge in [0, 0.05) is 27.6 Å². The molecule has 1 aliphatic carbocycles. The number of rotatable bonds is 5. The number of benzene rings is 1. The van der Waals surface area contributed by atoms with Gasteiger partial charge in [-0.05, 0) is 44.0 Å². The zero-order valence-electron chi connectivity index (χ0n) is 16.2. The van der Waals surface area contributed by atoms with E-state index in [2.05, 4.69) is 26.5 Å². The van der Waals surface area contributed by atoms with E-state index in [0.29, 0.717) is 41.0 Å². The number of hydrazone groups is 1. The molecule has 152 valence electrons. The molecule has 30 heavy (non-hydrogen) atoms. The predicted octanol–water partition coefficient (Wildman–Crippen LogP) is 3.31. The van der Waals surface area contributed by atoms with E-state index in [9.17, 15) is 9.59 Å². The zero-order valence-corrected chi connectivity index (χ0v) is 17.8. The van der Waals surface area contributed by atoms with Crippen molar-refractivity contribution in [3.63, 3.8) is 0 Å². The van der Waals surface area contributed by atoms with Gasteiger partial charge < -0.3 is 9.32 Å². The van der Waals surface area contributed by atoms with E-state index >= 15 is 0 Å². The maximum absolute atomic E-state index is 12.8. The molecule has 2 amide bonds. The minimum absolute atomic E-state index is 0.0966. The van der Waals surface area contributed by atoms with E-state index in [4.69, 9.17) is 14.9 Å². The molecule has 0 spiro atoms.